The Hall–Kier alpha value is -3.00. The van der Waals surface area contributed by atoms with Gasteiger partial charge in [0.15, 0.2) is 16.7 Å². The first-order valence-electron chi connectivity index (χ1n) is 9.81. The van der Waals surface area contributed by atoms with E-state index in [0.29, 0.717) is 39.8 Å². The number of nitrogens with zero attached hydrogens (tertiary/aromatic N) is 2. The number of amides is 1. The van der Waals surface area contributed by atoms with Crippen molar-refractivity contribution in [2.24, 2.45) is 0 Å². The normalized spacial score (nSPS) is 16.7. The van der Waals surface area contributed by atoms with Crippen molar-refractivity contribution >= 4 is 28.6 Å². The highest BCUT2D eigenvalue weighted by Crippen LogP contribution is 2.32. The Labute approximate surface area is 178 Å². The van der Waals surface area contributed by atoms with E-state index < -0.39 is 0 Å². The molecular weight excluding hydrogens is 402 g/mol. The fourth-order valence-corrected chi connectivity index (χ4v) is 4.71. The number of carbonyl (C=O) groups excluding carboxylic acids is 1. The van der Waals surface area contributed by atoms with Gasteiger partial charge in [-0.05, 0) is 37.1 Å². The summed E-state index contributed by atoms with van der Waals surface area (Å²) in [6, 6.07) is 12.5. The number of aromatic nitrogens is 2. The summed E-state index contributed by atoms with van der Waals surface area (Å²) in [6.07, 6.45) is 2.64. The number of ether oxygens (including phenoxy) is 2. The van der Waals surface area contributed by atoms with Crippen molar-refractivity contribution in [2.45, 2.75) is 29.7 Å². The lowest BCUT2D eigenvalue weighted by atomic mass is 10.2. The zero-order valence-corrected chi connectivity index (χ0v) is 17.7. The zero-order valence-electron chi connectivity index (χ0n) is 16.9. The Bertz CT molecular complexity index is 1140. The van der Waals surface area contributed by atoms with Gasteiger partial charge in [-0.2, -0.15) is 0 Å². The van der Waals surface area contributed by atoms with Crippen LogP contribution in [0.5, 0.6) is 11.5 Å². The Kier molecular flexibility index (Phi) is 5.94. The molecule has 1 amide bonds. The molecule has 0 unspecified atom stereocenters. The summed E-state index contributed by atoms with van der Waals surface area (Å²) in [5, 5.41) is 3.64. The number of methoxy groups -OCH3 is 2. The molecule has 1 aliphatic rings. The average Bonchev–Trinajstić information content (AvgIpc) is 2.97. The highest BCUT2D eigenvalue weighted by Gasteiger charge is 2.25. The molecule has 0 aliphatic carbocycles. The number of rotatable bonds is 5. The molecule has 0 spiro atoms. The number of thioether (sulfide) groups is 1. The molecule has 1 aliphatic heterocycles. The fourth-order valence-electron chi connectivity index (χ4n) is 3.53. The first kappa shape index (κ1) is 20.3. The van der Waals surface area contributed by atoms with Crippen LogP contribution in [0.15, 0.2) is 52.4 Å². The number of para-hydroxylation sites is 1. The second-order valence-electron chi connectivity index (χ2n) is 6.98. The van der Waals surface area contributed by atoms with Crippen molar-refractivity contribution in [3.05, 3.63) is 52.8 Å². The van der Waals surface area contributed by atoms with E-state index in [0.717, 1.165) is 19.3 Å². The van der Waals surface area contributed by atoms with Gasteiger partial charge in [-0.1, -0.05) is 30.3 Å². The van der Waals surface area contributed by atoms with Gasteiger partial charge in [0.1, 0.15) is 0 Å². The summed E-state index contributed by atoms with van der Waals surface area (Å²) in [5.74, 6) is 1.07. The lowest BCUT2D eigenvalue weighted by Gasteiger charge is -2.18. The van der Waals surface area contributed by atoms with Gasteiger partial charge in [-0.25, -0.2) is 4.98 Å². The summed E-state index contributed by atoms with van der Waals surface area (Å²) in [6.45, 7) is 0.684. The van der Waals surface area contributed by atoms with Crippen molar-refractivity contribution in [2.75, 3.05) is 20.8 Å². The number of benzene rings is 2. The number of nitrogens with one attached hydrogen (secondary N) is 1. The van der Waals surface area contributed by atoms with Crippen LogP contribution in [0.4, 0.5) is 0 Å². The Morgan fingerprint density at radius 1 is 1.07 bits per heavy atom. The van der Waals surface area contributed by atoms with E-state index in [2.05, 4.69) is 5.32 Å². The van der Waals surface area contributed by atoms with Crippen molar-refractivity contribution in [1.29, 1.82) is 0 Å². The molecular formula is C22H23N3O4S. The van der Waals surface area contributed by atoms with E-state index in [1.165, 1.54) is 11.8 Å². The molecule has 2 heterocycles. The molecule has 7 nitrogen and oxygen atoms in total. The SMILES string of the molecule is COc1ccc(-n2c(S[C@@H]3CCCCNC3=O)nc3ccccc3c2=O)cc1OC. The summed E-state index contributed by atoms with van der Waals surface area (Å²) in [4.78, 5) is 30.7. The molecule has 1 atom stereocenters. The molecule has 4 rings (SSSR count). The van der Waals surface area contributed by atoms with E-state index in [1.54, 1.807) is 43.1 Å². The Morgan fingerprint density at radius 3 is 2.67 bits per heavy atom. The summed E-state index contributed by atoms with van der Waals surface area (Å²) in [5.41, 5.74) is 1.02. The minimum Gasteiger partial charge on any atom is -0.493 e. The summed E-state index contributed by atoms with van der Waals surface area (Å²) >= 11 is 1.33. The molecule has 1 aromatic heterocycles. The number of fused-ring (bicyclic) bond motifs is 1. The summed E-state index contributed by atoms with van der Waals surface area (Å²) < 4.78 is 12.3. The topological polar surface area (TPSA) is 82.5 Å². The molecule has 0 saturated carbocycles. The van der Waals surface area contributed by atoms with Crippen LogP contribution < -0.4 is 20.3 Å². The lowest BCUT2D eigenvalue weighted by Crippen LogP contribution is -2.31. The Balaban J connectivity index is 1.88. The van der Waals surface area contributed by atoms with E-state index in [-0.39, 0.29) is 16.7 Å². The molecule has 30 heavy (non-hydrogen) atoms. The van der Waals surface area contributed by atoms with Crippen LogP contribution >= 0.6 is 11.8 Å². The Morgan fingerprint density at radius 2 is 1.87 bits per heavy atom. The third-order valence-electron chi connectivity index (χ3n) is 5.10. The third-order valence-corrected chi connectivity index (χ3v) is 6.32. The first-order valence-corrected chi connectivity index (χ1v) is 10.7. The molecule has 0 bridgehead atoms. The third kappa shape index (κ3) is 3.87. The van der Waals surface area contributed by atoms with E-state index in [9.17, 15) is 9.59 Å². The maximum atomic E-state index is 13.4. The van der Waals surface area contributed by atoms with Crippen LogP contribution in [0.2, 0.25) is 0 Å². The molecule has 1 N–H and O–H groups in total. The number of hydrogen-bond acceptors (Lipinski definition) is 6. The monoisotopic (exact) mass is 425 g/mol. The van der Waals surface area contributed by atoms with Crippen LogP contribution in [-0.2, 0) is 4.79 Å². The van der Waals surface area contributed by atoms with Gasteiger partial charge in [0.2, 0.25) is 5.91 Å². The number of carbonyl (C=O) groups is 1. The maximum absolute atomic E-state index is 13.4. The smallest absolute Gasteiger partial charge is 0.266 e. The average molecular weight is 426 g/mol. The highest BCUT2D eigenvalue weighted by atomic mass is 32.2. The van der Waals surface area contributed by atoms with E-state index in [1.807, 2.05) is 18.2 Å². The van der Waals surface area contributed by atoms with E-state index in [4.69, 9.17) is 14.5 Å². The van der Waals surface area contributed by atoms with Gasteiger partial charge >= 0.3 is 0 Å². The summed E-state index contributed by atoms with van der Waals surface area (Å²) in [7, 11) is 3.11. The van der Waals surface area contributed by atoms with Gasteiger partial charge in [-0.3, -0.25) is 14.2 Å². The minimum atomic E-state index is -0.299. The first-order chi connectivity index (χ1) is 14.6. The van der Waals surface area contributed by atoms with Crippen LogP contribution in [0.1, 0.15) is 19.3 Å². The minimum absolute atomic E-state index is 0.0150. The quantitative estimate of drug-likeness (QED) is 0.633. The predicted octanol–water partition coefficient (Wildman–Crippen LogP) is 3.16. The fraction of sp³-hybridized carbons (Fsp3) is 0.318. The van der Waals surface area contributed by atoms with Crippen LogP contribution in [0.3, 0.4) is 0 Å². The van der Waals surface area contributed by atoms with Gasteiger partial charge in [0, 0.05) is 12.6 Å². The molecule has 8 heteroatoms. The lowest BCUT2D eigenvalue weighted by molar-refractivity contribution is -0.120. The standard InChI is InChI=1S/C22H23N3O4S/c1-28-17-11-10-14(13-18(17)29-2)25-21(27)15-7-3-4-8-16(15)24-22(25)30-19-9-5-6-12-23-20(19)26/h3-4,7-8,10-11,13,19H,5-6,9,12H2,1-2H3,(H,23,26)/t19-/m1/s1. The molecule has 2 aromatic carbocycles. The zero-order chi connectivity index (χ0) is 21.1. The van der Waals surface area contributed by atoms with E-state index >= 15 is 0 Å². The van der Waals surface area contributed by atoms with Crippen LogP contribution in [-0.4, -0.2) is 41.5 Å². The van der Waals surface area contributed by atoms with Gasteiger partial charge in [-0.15, -0.1) is 0 Å². The second-order valence-corrected chi connectivity index (χ2v) is 8.15. The molecule has 0 radical (unpaired) electrons. The molecule has 156 valence electrons. The highest BCUT2D eigenvalue weighted by molar-refractivity contribution is 8.00. The largest absolute Gasteiger partial charge is 0.493 e. The maximum Gasteiger partial charge on any atom is 0.266 e. The van der Waals surface area contributed by atoms with Gasteiger partial charge in [0.05, 0.1) is 36.1 Å². The molecule has 3 aromatic rings. The van der Waals surface area contributed by atoms with Crippen molar-refractivity contribution in [3.63, 3.8) is 0 Å². The van der Waals surface area contributed by atoms with Crippen LogP contribution in [0, 0.1) is 0 Å². The number of hydrogen-bond donors (Lipinski definition) is 1. The van der Waals surface area contributed by atoms with Gasteiger partial charge in [0.25, 0.3) is 5.56 Å². The van der Waals surface area contributed by atoms with Gasteiger partial charge < -0.3 is 14.8 Å². The van der Waals surface area contributed by atoms with Crippen molar-refractivity contribution in [3.8, 4) is 17.2 Å². The molecule has 1 fully saturated rings. The van der Waals surface area contributed by atoms with Crippen LogP contribution in [0.25, 0.3) is 16.6 Å². The molecule has 1 saturated heterocycles. The van der Waals surface area contributed by atoms with Crippen molar-refractivity contribution < 1.29 is 14.3 Å². The second kappa shape index (κ2) is 8.79. The van der Waals surface area contributed by atoms with Crippen molar-refractivity contribution in [1.82, 2.24) is 14.9 Å². The predicted molar refractivity (Wildman–Crippen MR) is 117 cm³/mol.